The zero-order valence-electron chi connectivity index (χ0n) is 5.39. The molecule has 0 aliphatic rings. The predicted molar refractivity (Wildman–Crippen MR) is 36.2 cm³/mol. The summed E-state index contributed by atoms with van der Waals surface area (Å²) in [7, 11) is 0. The molecule has 0 aromatic heterocycles. The van der Waals surface area contributed by atoms with E-state index in [1.54, 1.807) is 0 Å². The molecule has 0 amide bonds. The molecule has 50 valence electrons. The highest BCUT2D eigenvalue weighted by Crippen LogP contribution is 2.08. The van der Waals surface area contributed by atoms with Gasteiger partial charge in [0.15, 0.2) is 0 Å². The van der Waals surface area contributed by atoms with Crippen LogP contribution in [0.3, 0.4) is 0 Å². The quantitative estimate of drug-likeness (QED) is 0.585. The molecule has 0 rings (SSSR count). The largest absolute Gasteiger partial charge is 0.395 e. The molecule has 0 saturated heterocycles. The van der Waals surface area contributed by atoms with Crippen molar-refractivity contribution in [3.05, 3.63) is 0 Å². The van der Waals surface area contributed by atoms with Crippen molar-refractivity contribution in [1.82, 2.24) is 0 Å². The number of hydrogen-bond donors (Lipinski definition) is 1. The third kappa shape index (κ3) is 4.41. The standard InChI is InChI=1S/C6H13ClO/c1-5(2)3-6(7)4-8/h5-6,8H,3-4H2,1-2H3/t6-/m0/s1. The van der Waals surface area contributed by atoms with Crippen molar-refractivity contribution in [1.29, 1.82) is 0 Å². The molecule has 0 spiro atoms. The fraction of sp³-hybridized carbons (Fsp3) is 1.00. The molecule has 0 bridgehead atoms. The third-order valence-electron chi connectivity index (χ3n) is 0.925. The van der Waals surface area contributed by atoms with Crippen molar-refractivity contribution in [2.45, 2.75) is 25.6 Å². The third-order valence-corrected chi connectivity index (χ3v) is 1.24. The molecule has 0 aromatic rings. The molecular weight excluding hydrogens is 124 g/mol. The molecule has 8 heavy (non-hydrogen) atoms. The summed E-state index contributed by atoms with van der Waals surface area (Å²) >= 11 is 5.61. The molecule has 0 fully saturated rings. The van der Waals surface area contributed by atoms with Gasteiger partial charge in [-0.3, -0.25) is 0 Å². The van der Waals surface area contributed by atoms with E-state index in [-0.39, 0.29) is 12.0 Å². The summed E-state index contributed by atoms with van der Waals surface area (Å²) in [6.45, 7) is 4.27. The summed E-state index contributed by atoms with van der Waals surface area (Å²) in [5, 5.41) is 8.41. The zero-order chi connectivity index (χ0) is 6.57. The summed E-state index contributed by atoms with van der Waals surface area (Å²) < 4.78 is 0. The molecule has 0 heterocycles. The lowest BCUT2D eigenvalue weighted by molar-refractivity contribution is 0.280. The molecule has 2 heteroatoms. The van der Waals surface area contributed by atoms with E-state index in [2.05, 4.69) is 13.8 Å². The average molecular weight is 137 g/mol. The van der Waals surface area contributed by atoms with E-state index in [0.29, 0.717) is 5.92 Å². The first-order valence-electron chi connectivity index (χ1n) is 2.91. The van der Waals surface area contributed by atoms with Crippen LogP contribution in [0.15, 0.2) is 0 Å². The highest BCUT2D eigenvalue weighted by Gasteiger charge is 2.03. The van der Waals surface area contributed by atoms with Crippen molar-refractivity contribution >= 4 is 11.6 Å². The second-order valence-electron chi connectivity index (χ2n) is 2.41. The highest BCUT2D eigenvalue weighted by atomic mass is 35.5. The Morgan fingerprint density at radius 3 is 2.12 bits per heavy atom. The Morgan fingerprint density at radius 1 is 1.50 bits per heavy atom. The molecule has 0 saturated carbocycles. The summed E-state index contributed by atoms with van der Waals surface area (Å²) in [6.07, 6.45) is 0.901. The normalized spacial score (nSPS) is 14.6. The number of aliphatic hydroxyl groups excluding tert-OH is 1. The van der Waals surface area contributed by atoms with Crippen LogP contribution >= 0.6 is 11.6 Å². The van der Waals surface area contributed by atoms with Crippen molar-refractivity contribution in [2.75, 3.05) is 6.61 Å². The van der Waals surface area contributed by atoms with E-state index < -0.39 is 0 Å². The Hall–Kier alpha value is 0.250. The molecule has 0 aromatic carbocycles. The lowest BCUT2D eigenvalue weighted by Gasteiger charge is -2.06. The van der Waals surface area contributed by atoms with Crippen LogP contribution in [0.1, 0.15) is 20.3 Å². The number of alkyl halides is 1. The number of hydrogen-bond acceptors (Lipinski definition) is 1. The van der Waals surface area contributed by atoms with Gasteiger partial charge in [-0.2, -0.15) is 0 Å². The minimum atomic E-state index is -0.0463. The Bertz CT molecular complexity index is 54.5. The highest BCUT2D eigenvalue weighted by molar-refractivity contribution is 6.20. The summed E-state index contributed by atoms with van der Waals surface area (Å²) in [5.74, 6) is 0.588. The lowest BCUT2D eigenvalue weighted by atomic mass is 10.1. The molecule has 0 unspecified atom stereocenters. The van der Waals surface area contributed by atoms with Gasteiger partial charge in [-0.15, -0.1) is 11.6 Å². The van der Waals surface area contributed by atoms with Gasteiger partial charge in [0.05, 0.1) is 12.0 Å². The van der Waals surface area contributed by atoms with Gasteiger partial charge in [0.2, 0.25) is 0 Å². The van der Waals surface area contributed by atoms with Crippen LogP contribution < -0.4 is 0 Å². The molecule has 0 radical (unpaired) electrons. The van der Waals surface area contributed by atoms with Gasteiger partial charge in [-0.1, -0.05) is 13.8 Å². The van der Waals surface area contributed by atoms with Gasteiger partial charge in [-0.05, 0) is 12.3 Å². The number of halogens is 1. The maximum atomic E-state index is 8.45. The SMILES string of the molecule is CC(C)C[C@H](Cl)CO. The Kier molecular flexibility index (Phi) is 4.29. The van der Waals surface area contributed by atoms with Gasteiger partial charge in [0.25, 0.3) is 0 Å². The maximum Gasteiger partial charge on any atom is 0.0595 e. The fourth-order valence-electron chi connectivity index (χ4n) is 0.586. The van der Waals surface area contributed by atoms with Gasteiger partial charge >= 0.3 is 0 Å². The second kappa shape index (κ2) is 4.16. The van der Waals surface area contributed by atoms with Crippen molar-refractivity contribution < 1.29 is 5.11 Å². The van der Waals surface area contributed by atoms with E-state index in [1.807, 2.05) is 0 Å². The van der Waals surface area contributed by atoms with Crippen molar-refractivity contribution in [3.8, 4) is 0 Å². The van der Waals surface area contributed by atoms with Crippen molar-refractivity contribution in [2.24, 2.45) is 5.92 Å². The molecule has 1 nitrogen and oxygen atoms in total. The van der Waals surface area contributed by atoms with Crippen LogP contribution in [0.2, 0.25) is 0 Å². The van der Waals surface area contributed by atoms with E-state index in [9.17, 15) is 0 Å². The predicted octanol–water partition coefficient (Wildman–Crippen LogP) is 1.63. The van der Waals surface area contributed by atoms with Crippen LogP contribution in [0.5, 0.6) is 0 Å². The molecule has 1 atom stereocenters. The van der Waals surface area contributed by atoms with E-state index >= 15 is 0 Å². The van der Waals surface area contributed by atoms with Gasteiger partial charge in [-0.25, -0.2) is 0 Å². The summed E-state index contributed by atoms with van der Waals surface area (Å²) in [6, 6.07) is 0. The number of aliphatic hydroxyl groups is 1. The van der Waals surface area contributed by atoms with E-state index in [4.69, 9.17) is 16.7 Å². The first kappa shape index (κ1) is 8.25. The maximum absolute atomic E-state index is 8.45. The Balaban J connectivity index is 3.10. The monoisotopic (exact) mass is 136 g/mol. The second-order valence-corrected chi connectivity index (χ2v) is 3.03. The van der Waals surface area contributed by atoms with Crippen LogP contribution in [-0.2, 0) is 0 Å². The van der Waals surface area contributed by atoms with Gasteiger partial charge < -0.3 is 5.11 Å². The molecule has 0 aliphatic heterocycles. The smallest absolute Gasteiger partial charge is 0.0595 e. The number of rotatable bonds is 3. The molecular formula is C6H13ClO. The van der Waals surface area contributed by atoms with E-state index in [1.165, 1.54) is 0 Å². The summed E-state index contributed by atoms with van der Waals surface area (Å²) in [4.78, 5) is 0. The van der Waals surface area contributed by atoms with Crippen LogP contribution in [0, 0.1) is 5.92 Å². The topological polar surface area (TPSA) is 20.2 Å². The first-order chi connectivity index (χ1) is 3.66. The Labute approximate surface area is 55.7 Å². The Morgan fingerprint density at radius 2 is 2.00 bits per heavy atom. The summed E-state index contributed by atoms with van der Waals surface area (Å²) in [5.41, 5.74) is 0. The zero-order valence-corrected chi connectivity index (χ0v) is 6.15. The molecule has 0 aliphatic carbocycles. The van der Waals surface area contributed by atoms with Crippen LogP contribution in [0.4, 0.5) is 0 Å². The van der Waals surface area contributed by atoms with Crippen LogP contribution in [0.25, 0.3) is 0 Å². The first-order valence-corrected chi connectivity index (χ1v) is 3.35. The van der Waals surface area contributed by atoms with E-state index in [0.717, 1.165) is 6.42 Å². The van der Waals surface area contributed by atoms with Gasteiger partial charge in [0.1, 0.15) is 0 Å². The van der Waals surface area contributed by atoms with Crippen LogP contribution in [-0.4, -0.2) is 17.1 Å². The molecule has 1 N–H and O–H groups in total. The fourth-order valence-corrected chi connectivity index (χ4v) is 0.942. The minimum Gasteiger partial charge on any atom is -0.395 e. The minimum absolute atomic E-state index is 0.0463. The van der Waals surface area contributed by atoms with Crippen molar-refractivity contribution in [3.63, 3.8) is 0 Å². The van der Waals surface area contributed by atoms with Gasteiger partial charge in [0, 0.05) is 0 Å². The average Bonchev–Trinajstić information content (AvgIpc) is 1.65. The lowest BCUT2D eigenvalue weighted by Crippen LogP contribution is -2.07.